The zero-order valence-electron chi connectivity index (χ0n) is 21.1. The second-order valence-electron chi connectivity index (χ2n) is 11.5. The first-order valence-electron chi connectivity index (χ1n) is 12.3. The maximum Gasteiger partial charge on any atom is 0.245 e. The molecule has 184 valence electrons. The van der Waals surface area contributed by atoms with Gasteiger partial charge >= 0.3 is 0 Å². The summed E-state index contributed by atoms with van der Waals surface area (Å²) in [4.78, 5) is 9.74. The van der Waals surface area contributed by atoms with E-state index in [1.165, 1.54) is 18.2 Å². The van der Waals surface area contributed by atoms with Crippen LogP contribution in [0.5, 0.6) is 0 Å². The summed E-state index contributed by atoms with van der Waals surface area (Å²) in [5, 5.41) is 8.94. The lowest BCUT2D eigenvalue weighted by molar-refractivity contribution is 0.243. The Labute approximate surface area is 209 Å². The number of benzene rings is 1. The predicted molar refractivity (Wildman–Crippen MR) is 132 cm³/mol. The van der Waals surface area contributed by atoms with E-state index in [-0.39, 0.29) is 28.0 Å². The number of hydrogen-bond donors (Lipinski definition) is 0. The third kappa shape index (κ3) is 3.04. The highest BCUT2D eigenvalue weighted by Gasteiger charge is 2.65. The Morgan fingerprint density at radius 2 is 1.67 bits per heavy atom. The van der Waals surface area contributed by atoms with Crippen molar-refractivity contribution in [1.82, 2.24) is 20.2 Å². The molecule has 2 aliphatic carbocycles. The molecular formula is C29H28F2N4O. The lowest BCUT2D eigenvalue weighted by Gasteiger charge is -2.37. The Balaban J connectivity index is 1.48. The molecule has 2 atom stereocenters. The van der Waals surface area contributed by atoms with Gasteiger partial charge in [0, 0.05) is 5.41 Å². The average molecular weight is 487 g/mol. The second kappa shape index (κ2) is 7.51. The fourth-order valence-corrected chi connectivity index (χ4v) is 6.28. The van der Waals surface area contributed by atoms with E-state index in [1.54, 1.807) is 6.26 Å². The van der Waals surface area contributed by atoms with Crippen molar-refractivity contribution in [2.24, 2.45) is 5.41 Å². The maximum atomic E-state index is 14.5. The molecule has 2 bridgehead atoms. The molecule has 0 saturated heterocycles. The van der Waals surface area contributed by atoms with Gasteiger partial charge in [0.2, 0.25) is 5.89 Å². The van der Waals surface area contributed by atoms with Gasteiger partial charge in [-0.15, -0.1) is 5.10 Å². The van der Waals surface area contributed by atoms with E-state index in [0.29, 0.717) is 11.6 Å². The molecule has 36 heavy (non-hydrogen) atoms. The number of rotatable bonds is 3. The molecule has 0 unspecified atom stereocenters. The Hall–Kier alpha value is -3.48. The number of hydrogen-bond acceptors (Lipinski definition) is 5. The van der Waals surface area contributed by atoms with Gasteiger partial charge in [0.05, 0.1) is 33.8 Å². The first-order valence-corrected chi connectivity index (χ1v) is 12.3. The molecule has 4 aromatic rings. The van der Waals surface area contributed by atoms with Crippen LogP contribution >= 0.6 is 0 Å². The van der Waals surface area contributed by atoms with Crippen molar-refractivity contribution in [3.05, 3.63) is 83.0 Å². The van der Waals surface area contributed by atoms with E-state index in [2.05, 4.69) is 44.8 Å². The van der Waals surface area contributed by atoms with Gasteiger partial charge in [0.25, 0.3) is 0 Å². The van der Waals surface area contributed by atoms with E-state index in [4.69, 9.17) is 14.4 Å². The quantitative estimate of drug-likeness (QED) is 0.313. The monoisotopic (exact) mass is 486 g/mol. The molecule has 0 spiro atoms. The molecule has 0 radical (unpaired) electrons. The van der Waals surface area contributed by atoms with Crippen LogP contribution in [0.4, 0.5) is 8.78 Å². The number of pyridine rings is 1. The highest BCUT2D eigenvalue weighted by atomic mass is 19.1. The van der Waals surface area contributed by atoms with Gasteiger partial charge in [-0.05, 0) is 60.1 Å². The van der Waals surface area contributed by atoms with Crippen molar-refractivity contribution < 1.29 is 13.2 Å². The molecular weight excluding hydrogens is 458 g/mol. The number of oxazole rings is 1. The number of nitrogens with zero attached hydrogens (tertiary/aromatic N) is 4. The maximum absolute atomic E-state index is 14.5. The van der Waals surface area contributed by atoms with E-state index in [9.17, 15) is 8.78 Å². The summed E-state index contributed by atoms with van der Waals surface area (Å²) in [5.41, 5.74) is 3.54. The fourth-order valence-electron chi connectivity index (χ4n) is 6.28. The van der Waals surface area contributed by atoms with Crippen LogP contribution in [-0.2, 0) is 10.8 Å². The van der Waals surface area contributed by atoms with Crippen molar-refractivity contribution in [3.63, 3.8) is 0 Å². The van der Waals surface area contributed by atoms with Gasteiger partial charge in [-0.2, -0.15) is 5.10 Å². The zero-order valence-corrected chi connectivity index (χ0v) is 21.1. The van der Waals surface area contributed by atoms with Crippen molar-refractivity contribution in [2.75, 3.05) is 0 Å². The lowest BCUT2D eigenvalue weighted by Crippen LogP contribution is -2.37. The van der Waals surface area contributed by atoms with Crippen LogP contribution in [0.25, 0.3) is 22.8 Å². The molecule has 3 aromatic heterocycles. The van der Waals surface area contributed by atoms with Crippen LogP contribution in [0.15, 0.2) is 53.1 Å². The number of fused-ring (bicyclic) bond motifs is 5. The van der Waals surface area contributed by atoms with Gasteiger partial charge in [0.1, 0.15) is 23.6 Å². The van der Waals surface area contributed by atoms with E-state index in [0.717, 1.165) is 35.5 Å². The van der Waals surface area contributed by atoms with Crippen LogP contribution in [0, 0.1) is 17.0 Å². The van der Waals surface area contributed by atoms with Crippen molar-refractivity contribution in [1.29, 1.82) is 0 Å². The summed E-state index contributed by atoms with van der Waals surface area (Å²) in [6.07, 6.45) is 3.50. The van der Waals surface area contributed by atoms with Crippen LogP contribution < -0.4 is 0 Å². The molecule has 0 N–H and O–H groups in total. The predicted octanol–water partition coefficient (Wildman–Crippen LogP) is 6.97. The minimum atomic E-state index is -0.642. The summed E-state index contributed by atoms with van der Waals surface area (Å²) in [5.74, 6) is -0.621. The Kier molecular flexibility index (Phi) is 4.79. The minimum absolute atomic E-state index is 0.131. The fraction of sp³-hybridized carbons (Fsp3) is 0.379. The first kappa shape index (κ1) is 23.0. The first-order chi connectivity index (χ1) is 17.0. The highest BCUT2D eigenvalue weighted by Crippen LogP contribution is 2.69. The molecule has 3 heterocycles. The van der Waals surface area contributed by atoms with Gasteiger partial charge < -0.3 is 4.42 Å². The molecule has 7 heteroatoms. The van der Waals surface area contributed by atoms with E-state index >= 15 is 0 Å². The Morgan fingerprint density at radius 1 is 0.944 bits per heavy atom. The molecule has 2 aliphatic rings. The molecule has 0 aliphatic heterocycles. The average Bonchev–Trinajstić information content (AvgIpc) is 3.48. The summed E-state index contributed by atoms with van der Waals surface area (Å²) >= 11 is 0. The van der Waals surface area contributed by atoms with Crippen LogP contribution in [0.2, 0.25) is 0 Å². The van der Waals surface area contributed by atoms with Gasteiger partial charge in [-0.1, -0.05) is 46.8 Å². The highest BCUT2D eigenvalue weighted by molar-refractivity contribution is 5.64. The van der Waals surface area contributed by atoms with Crippen molar-refractivity contribution in [2.45, 2.75) is 64.2 Å². The smallest absolute Gasteiger partial charge is 0.245 e. The van der Waals surface area contributed by atoms with E-state index in [1.807, 2.05) is 24.3 Å². The van der Waals surface area contributed by atoms with Gasteiger partial charge in [-0.25, -0.2) is 18.7 Å². The van der Waals surface area contributed by atoms with Crippen molar-refractivity contribution in [3.8, 4) is 22.8 Å². The zero-order chi connectivity index (χ0) is 25.5. The van der Waals surface area contributed by atoms with E-state index < -0.39 is 17.0 Å². The van der Waals surface area contributed by atoms with Gasteiger partial charge in [-0.3, -0.25) is 0 Å². The van der Waals surface area contributed by atoms with Crippen molar-refractivity contribution >= 4 is 0 Å². The SMILES string of the molecule is CC(C)(C)c1coc(-c2cccc([C@@]34CC[C@@H](c5cc(-c6c(F)cccc6F)nnc53)C4(C)C)n2)n1. The van der Waals surface area contributed by atoms with Crippen LogP contribution in [0.3, 0.4) is 0 Å². The Bertz CT molecular complexity index is 1480. The minimum Gasteiger partial charge on any atom is -0.443 e. The summed E-state index contributed by atoms with van der Waals surface area (Å²) in [7, 11) is 0. The number of halogens is 2. The molecule has 1 aromatic carbocycles. The number of aromatic nitrogens is 4. The third-order valence-electron chi connectivity index (χ3n) is 8.28. The normalized spacial score (nSPS) is 22.1. The topological polar surface area (TPSA) is 64.7 Å². The summed E-state index contributed by atoms with van der Waals surface area (Å²) < 4.78 is 34.8. The molecule has 1 saturated carbocycles. The largest absolute Gasteiger partial charge is 0.443 e. The van der Waals surface area contributed by atoms with Crippen LogP contribution in [0.1, 0.15) is 76.0 Å². The summed E-state index contributed by atoms with van der Waals surface area (Å²) in [6, 6.07) is 11.6. The molecule has 0 amide bonds. The molecule has 6 rings (SSSR count). The van der Waals surface area contributed by atoms with Crippen LogP contribution in [-0.4, -0.2) is 20.2 Å². The third-order valence-corrected chi connectivity index (χ3v) is 8.28. The molecule has 5 nitrogen and oxygen atoms in total. The van der Waals surface area contributed by atoms with Gasteiger partial charge in [0.15, 0.2) is 0 Å². The lowest BCUT2D eigenvalue weighted by atomic mass is 9.66. The standard InChI is InChI=1S/C29H28F2N4O/c1-27(2,3)23-15-36-26(33-23)20-10-7-11-22(32-20)29-13-12-17(28(29,4)5)16-14-21(34-35-25(16)29)24-18(30)8-6-9-19(24)31/h6-11,14-15,17H,12-13H2,1-5H3/t17-,29-/m0/s1. The Morgan fingerprint density at radius 3 is 2.36 bits per heavy atom. The second-order valence-corrected chi connectivity index (χ2v) is 11.5. The summed E-state index contributed by atoms with van der Waals surface area (Å²) in [6.45, 7) is 10.7. The molecule has 1 fully saturated rings.